The van der Waals surface area contributed by atoms with E-state index in [0.29, 0.717) is 12.0 Å². The van der Waals surface area contributed by atoms with Gasteiger partial charge in [0, 0.05) is 6.04 Å². The van der Waals surface area contributed by atoms with Crippen molar-refractivity contribution >= 4 is 5.97 Å². The first-order valence-corrected chi connectivity index (χ1v) is 5.98. The second-order valence-electron chi connectivity index (χ2n) is 4.42. The monoisotopic (exact) mass is 273 g/mol. The van der Waals surface area contributed by atoms with Crippen molar-refractivity contribution in [3.05, 3.63) is 29.3 Å². The molecule has 3 N–H and O–H groups in total. The van der Waals surface area contributed by atoms with Crippen LogP contribution in [0.4, 0.5) is 8.78 Å². The molecule has 2 atom stereocenters. The summed E-state index contributed by atoms with van der Waals surface area (Å²) in [6, 6.07) is 1.99. The van der Waals surface area contributed by atoms with Crippen molar-refractivity contribution < 1.29 is 23.4 Å². The number of aliphatic carboxylic acids is 1. The molecule has 0 fully saturated rings. The first kappa shape index (κ1) is 15.4. The van der Waals surface area contributed by atoms with Crippen LogP contribution in [0, 0.1) is 11.6 Å². The lowest BCUT2D eigenvalue weighted by molar-refractivity contribution is -0.145. The molecule has 0 aliphatic rings. The predicted molar refractivity (Wildman–Crippen MR) is 66.1 cm³/mol. The van der Waals surface area contributed by atoms with E-state index in [1.54, 1.807) is 13.8 Å². The molecule has 106 valence electrons. The third-order valence-electron chi connectivity index (χ3n) is 2.52. The largest absolute Gasteiger partial charge is 0.479 e. The lowest BCUT2D eigenvalue weighted by atomic mass is 10.1. The number of hydrogen-bond acceptors (Lipinski definition) is 3. The molecule has 1 aromatic rings. The van der Waals surface area contributed by atoms with Crippen LogP contribution in [0.15, 0.2) is 12.1 Å². The quantitative estimate of drug-likeness (QED) is 0.832. The molecule has 0 spiro atoms. The maximum absolute atomic E-state index is 13.7. The first-order chi connectivity index (χ1) is 8.85. The van der Waals surface area contributed by atoms with Gasteiger partial charge in [-0.05, 0) is 37.5 Å². The highest BCUT2D eigenvalue weighted by Crippen LogP contribution is 2.25. The van der Waals surface area contributed by atoms with Crippen molar-refractivity contribution in [2.24, 2.45) is 5.73 Å². The summed E-state index contributed by atoms with van der Waals surface area (Å²) in [5.41, 5.74) is 5.95. The molecule has 0 radical (unpaired) electrons. The highest BCUT2D eigenvalue weighted by molar-refractivity contribution is 5.72. The summed E-state index contributed by atoms with van der Waals surface area (Å²) in [4.78, 5) is 10.8. The van der Waals surface area contributed by atoms with Gasteiger partial charge in [-0.2, -0.15) is 0 Å². The number of carboxylic acids is 1. The molecule has 0 aromatic heterocycles. The molecule has 0 aliphatic carbocycles. The molecule has 4 nitrogen and oxygen atoms in total. The van der Waals surface area contributed by atoms with Gasteiger partial charge in [0.15, 0.2) is 23.5 Å². The number of carbonyl (C=O) groups is 1. The average molecular weight is 273 g/mol. The fourth-order valence-corrected chi connectivity index (χ4v) is 1.67. The third kappa shape index (κ3) is 4.17. The van der Waals surface area contributed by atoms with E-state index >= 15 is 0 Å². The van der Waals surface area contributed by atoms with E-state index in [4.69, 9.17) is 15.6 Å². The Bertz CT molecular complexity index is 440. The highest BCUT2D eigenvalue weighted by Gasteiger charge is 2.22. The summed E-state index contributed by atoms with van der Waals surface area (Å²) in [6.45, 7) is 3.27. The second kappa shape index (κ2) is 6.47. The minimum atomic E-state index is -1.27. The standard InChI is InChI=1S/C13H17F2NO3/c1-3-11(13(17)18)19-12-9(14)5-8(4-7(2)16)6-10(12)15/h5-7,11H,3-4,16H2,1-2H3,(H,17,18). The number of benzene rings is 1. The zero-order valence-corrected chi connectivity index (χ0v) is 10.8. The van der Waals surface area contributed by atoms with Gasteiger partial charge >= 0.3 is 5.97 Å². The topological polar surface area (TPSA) is 72.5 Å². The Morgan fingerprint density at radius 2 is 1.95 bits per heavy atom. The van der Waals surface area contributed by atoms with Crippen molar-refractivity contribution in [3.63, 3.8) is 0 Å². The van der Waals surface area contributed by atoms with Crippen LogP contribution >= 0.6 is 0 Å². The van der Waals surface area contributed by atoms with Crippen molar-refractivity contribution in [1.82, 2.24) is 0 Å². The number of nitrogens with two attached hydrogens (primary N) is 1. The normalized spacial score (nSPS) is 13.9. The number of ether oxygens (including phenoxy) is 1. The lowest BCUT2D eigenvalue weighted by Gasteiger charge is -2.15. The van der Waals surface area contributed by atoms with Gasteiger partial charge in [0.25, 0.3) is 0 Å². The van der Waals surface area contributed by atoms with E-state index < -0.39 is 29.5 Å². The maximum Gasteiger partial charge on any atom is 0.344 e. The summed E-state index contributed by atoms with van der Waals surface area (Å²) in [7, 11) is 0. The van der Waals surface area contributed by atoms with Crippen LogP contribution in [0.2, 0.25) is 0 Å². The molecule has 0 aliphatic heterocycles. The van der Waals surface area contributed by atoms with E-state index in [9.17, 15) is 13.6 Å². The van der Waals surface area contributed by atoms with Gasteiger partial charge in [-0.15, -0.1) is 0 Å². The van der Waals surface area contributed by atoms with E-state index in [0.717, 1.165) is 12.1 Å². The van der Waals surface area contributed by atoms with Gasteiger partial charge in [0.05, 0.1) is 0 Å². The SMILES string of the molecule is CCC(Oc1c(F)cc(CC(C)N)cc1F)C(=O)O. The summed E-state index contributed by atoms with van der Waals surface area (Å²) in [5, 5.41) is 8.80. The molecule has 0 amide bonds. The Hall–Kier alpha value is -1.69. The van der Waals surface area contributed by atoms with Crippen LogP contribution in [0.5, 0.6) is 5.75 Å². The van der Waals surface area contributed by atoms with Crippen LogP contribution in [0.25, 0.3) is 0 Å². The maximum atomic E-state index is 13.7. The van der Waals surface area contributed by atoms with Gasteiger partial charge in [0.1, 0.15) is 0 Å². The van der Waals surface area contributed by atoms with Gasteiger partial charge in [-0.3, -0.25) is 0 Å². The molecule has 1 rings (SSSR count). The van der Waals surface area contributed by atoms with E-state index in [-0.39, 0.29) is 12.5 Å². The molecular weight excluding hydrogens is 256 g/mol. The van der Waals surface area contributed by atoms with Crippen molar-refractivity contribution in [3.8, 4) is 5.75 Å². The van der Waals surface area contributed by atoms with Crippen LogP contribution < -0.4 is 10.5 Å². The Labute approximate surface area is 110 Å². The van der Waals surface area contributed by atoms with E-state index in [2.05, 4.69) is 0 Å². The Kier molecular flexibility index (Phi) is 5.23. The summed E-state index contributed by atoms with van der Waals surface area (Å²) in [5.74, 6) is -3.77. The number of halogens is 2. The van der Waals surface area contributed by atoms with Gasteiger partial charge < -0.3 is 15.6 Å². The smallest absolute Gasteiger partial charge is 0.344 e. The van der Waals surface area contributed by atoms with Crippen LogP contribution in [0.1, 0.15) is 25.8 Å². The minimum Gasteiger partial charge on any atom is -0.479 e. The first-order valence-electron chi connectivity index (χ1n) is 5.98. The summed E-state index contributed by atoms with van der Waals surface area (Å²) in [6.07, 6.45) is -0.844. The Balaban J connectivity index is 2.99. The molecule has 6 heteroatoms. The van der Waals surface area contributed by atoms with Gasteiger partial charge in [0.2, 0.25) is 0 Å². The fourth-order valence-electron chi connectivity index (χ4n) is 1.67. The zero-order chi connectivity index (χ0) is 14.6. The fraction of sp³-hybridized carbons (Fsp3) is 0.462. The van der Waals surface area contributed by atoms with Gasteiger partial charge in [-0.25, -0.2) is 13.6 Å². The average Bonchev–Trinajstić information content (AvgIpc) is 2.26. The summed E-state index contributed by atoms with van der Waals surface area (Å²) < 4.78 is 32.3. The zero-order valence-electron chi connectivity index (χ0n) is 10.8. The van der Waals surface area contributed by atoms with E-state index in [1.807, 2.05) is 0 Å². The Morgan fingerprint density at radius 3 is 2.32 bits per heavy atom. The second-order valence-corrected chi connectivity index (χ2v) is 4.42. The van der Waals surface area contributed by atoms with Gasteiger partial charge in [-0.1, -0.05) is 6.92 Å². The Morgan fingerprint density at radius 1 is 1.42 bits per heavy atom. The minimum absolute atomic E-state index is 0.107. The molecule has 19 heavy (non-hydrogen) atoms. The molecule has 0 saturated heterocycles. The van der Waals surface area contributed by atoms with Crippen LogP contribution in [-0.4, -0.2) is 23.2 Å². The molecule has 1 aromatic carbocycles. The molecule has 0 saturated carbocycles. The van der Waals surface area contributed by atoms with Crippen molar-refractivity contribution in [2.45, 2.75) is 38.8 Å². The number of hydrogen-bond donors (Lipinski definition) is 2. The molecule has 2 unspecified atom stereocenters. The van der Waals surface area contributed by atoms with Crippen molar-refractivity contribution in [2.75, 3.05) is 0 Å². The molecule has 0 heterocycles. The third-order valence-corrected chi connectivity index (χ3v) is 2.52. The van der Waals surface area contributed by atoms with Crippen molar-refractivity contribution in [1.29, 1.82) is 0 Å². The lowest BCUT2D eigenvalue weighted by Crippen LogP contribution is -2.27. The number of rotatable bonds is 6. The highest BCUT2D eigenvalue weighted by atomic mass is 19.1. The van der Waals surface area contributed by atoms with Crippen LogP contribution in [0.3, 0.4) is 0 Å². The molecular formula is C13H17F2NO3. The van der Waals surface area contributed by atoms with Crippen LogP contribution in [-0.2, 0) is 11.2 Å². The summed E-state index contributed by atoms with van der Waals surface area (Å²) >= 11 is 0. The van der Waals surface area contributed by atoms with E-state index in [1.165, 1.54) is 0 Å². The number of carboxylic acid groups (broad SMARTS) is 1. The predicted octanol–water partition coefficient (Wildman–Crippen LogP) is 2.10. The molecule has 0 bridgehead atoms.